The first kappa shape index (κ1) is 118. The average molecular weight is 2160 g/mol. The van der Waals surface area contributed by atoms with Gasteiger partial charge in [0, 0.05) is 85.1 Å². The minimum Gasteiger partial charge on any atom is -0.458 e. The van der Waals surface area contributed by atoms with E-state index >= 15 is 4.39 Å². The van der Waals surface area contributed by atoms with E-state index in [1.54, 1.807) is 189 Å². The molecule has 1 N–H and O–H groups in total. The number of halogens is 1. The van der Waals surface area contributed by atoms with E-state index in [1.165, 1.54) is 43.3 Å². The Labute approximate surface area is 901 Å². The molecule has 10 aliphatic rings. The maximum Gasteiger partial charge on any atom is 0.338 e. The Balaban J connectivity index is 0.000000187. The highest BCUT2D eigenvalue weighted by Crippen LogP contribution is 2.67. The lowest BCUT2D eigenvalue weighted by Crippen LogP contribution is -2.65. The second-order valence-electron chi connectivity index (χ2n) is 43.4. The lowest BCUT2D eigenvalue weighted by molar-refractivity contribution is -0.347. The van der Waals surface area contributed by atoms with Gasteiger partial charge in [-0.1, -0.05) is 159 Å². The Bertz CT molecular complexity index is 5400. The molecular weight excluding hydrogens is 2000 g/mol. The van der Waals surface area contributed by atoms with Crippen LogP contribution in [0.25, 0.3) is 0 Å². The minimum absolute atomic E-state index is 0.0281. The van der Waals surface area contributed by atoms with Gasteiger partial charge in [-0.3, -0.25) is 14.4 Å². The van der Waals surface area contributed by atoms with Gasteiger partial charge in [-0.2, -0.15) is 0 Å². The number of alkyl halides is 1. The number of aliphatic hydroxyl groups excluding tert-OH is 1. The molecule has 0 bridgehead atoms. The molecule has 9 fully saturated rings. The number of aliphatic hydroxyl groups is 1. The van der Waals surface area contributed by atoms with Crippen LogP contribution in [0.2, 0.25) is 0 Å². The largest absolute Gasteiger partial charge is 0.458 e. The molecule has 28 nitrogen and oxygen atoms in total. The Morgan fingerprint density at radius 1 is 0.407 bits per heavy atom. The summed E-state index contributed by atoms with van der Waals surface area (Å²) in [5, 5.41) is 8.48. The average Bonchev–Trinajstić information content (AvgIpc) is 1.50. The zero-order valence-corrected chi connectivity index (χ0v) is 94.0. The molecule has 6 saturated heterocycles. The number of ketones is 1. The van der Waals surface area contributed by atoms with Crippen molar-refractivity contribution in [2.45, 2.75) is 376 Å². The van der Waals surface area contributed by atoms with Gasteiger partial charge in [-0.25, -0.2) is 18.8 Å². The summed E-state index contributed by atoms with van der Waals surface area (Å²) in [7, 11) is 9.39. The number of carbonyl (C=O) groups excluding carboxylic acids is 6. The summed E-state index contributed by atoms with van der Waals surface area (Å²) in [6.07, 6.45) is -10.7. The van der Waals surface area contributed by atoms with E-state index < -0.39 is 192 Å². The van der Waals surface area contributed by atoms with Gasteiger partial charge in [-0.15, -0.1) is 35.3 Å². The Morgan fingerprint density at radius 2 is 0.767 bits per heavy atom. The van der Waals surface area contributed by atoms with Crippen LogP contribution < -0.4 is 0 Å². The zero-order valence-electron chi connectivity index (χ0n) is 90.7. The van der Waals surface area contributed by atoms with E-state index in [1.807, 2.05) is 143 Å². The van der Waals surface area contributed by atoms with Crippen LogP contribution in [0.3, 0.4) is 0 Å². The highest BCUT2D eigenvalue weighted by atomic mass is 32.2. The first-order valence-electron chi connectivity index (χ1n) is 52.5. The molecule has 6 aliphatic heterocycles. The van der Waals surface area contributed by atoms with E-state index in [0.29, 0.717) is 34.5 Å². The van der Waals surface area contributed by atoms with Gasteiger partial charge < -0.3 is 105 Å². The Kier molecular flexibility index (Phi) is 41.3. The minimum atomic E-state index is -1.62. The summed E-state index contributed by atoms with van der Waals surface area (Å²) < 4.78 is 150. The molecule has 16 rings (SSSR count). The second-order valence-corrected chi connectivity index (χ2v) is 48.3. The Morgan fingerprint density at radius 3 is 1.17 bits per heavy atom. The van der Waals surface area contributed by atoms with E-state index in [4.69, 9.17) is 99.5 Å². The number of methoxy groups -OCH3 is 6. The first-order chi connectivity index (χ1) is 71.6. The van der Waals surface area contributed by atoms with E-state index in [-0.39, 0.29) is 64.3 Å². The number of ether oxygens (including phenoxy) is 21. The maximum absolute atomic E-state index is 15.7. The summed E-state index contributed by atoms with van der Waals surface area (Å²) in [5.41, 5.74) is 0.587. The highest BCUT2D eigenvalue weighted by Gasteiger charge is 2.66. The molecule has 6 aromatic carbocycles. The standard InChI is InChI=1S/C46H60O12S2.C45H57FO12S2.C26H38O4/c1-26-33(49-8)34(29(4)54-44(26)60-32-24-18-13-19-25-32)57-43-40(59-31-22-16-12-17-23-31)38(51-10)36(28(3)53-43)56-42-39(58-45(48)46(5,6)7)37(50-9)35(27(2)52-42)55-41(47)30-20-14-11-15-21-30;1-25-32(35(50-8)38(40(46)52-25)59-29-21-15-11-16-22-29)57-43-39(60-30-23-17-12-18-24-30)36(51-9)33(27(3)54-43)56-42-37(58-44(48)45(4,5)6)34(49-7)31(26(2)53-42)55-41(47)28-19-13-10-14-20-28;1-6-15(2)24(29)30-23-14-22-19(21-10-9-20(16(3)27)26(21,23)5)8-7-17-13-18(28)11-12-25(17,22)4/h11-29,33-40,42-44H,1-10H3;10-27,31-40,42-43H,1-9H3;6-7,18-23,28H,8-14H2,1-5H3/b;;15-6+/t;;18-,19?,20?,21?,22?,23+,25-,26+/m..0/s1. The molecule has 33 heteroatoms. The van der Waals surface area contributed by atoms with Gasteiger partial charge in [-0.05, 0) is 245 Å². The number of hydrogen-bond acceptors (Lipinski definition) is 32. The van der Waals surface area contributed by atoms with E-state index in [9.17, 15) is 33.9 Å². The van der Waals surface area contributed by atoms with Crippen molar-refractivity contribution in [2.24, 2.45) is 51.2 Å². The number of thioether (sulfide) groups is 4. The number of carbonyl (C=O) groups is 6. The van der Waals surface area contributed by atoms with Crippen molar-refractivity contribution in [1.29, 1.82) is 0 Å². The molecule has 0 aromatic heterocycles. The molecular formula is C117H155FO28S4. The van der Waals surface area contributed by atoms with Crippen LogP contribution in [0.4, 0.5) is 4.39 Å². The van der Waals surface area contributed by atoms with Gasteiger partial charge in [0.1, 0.15) is 72.3 Å². The third-order valence-corrected chi connectivity index (χ3v) is 36.6. The summed E-state index contributed by atoms with van der Waals surface area (Å²) >= 11 is 6.03. The van der Waals surface area contributed by atoms with Crippen molar-refractivity contribution < 1.29 is 138 Å². The second kappa shape index (κ2) is 52.6. The highest BCUT2D eigenvalue weighted by molar-refractivity contribution is 8.00. The predicted molar refractivity (Wildman–Crippen MR) is 568 cm³/mol. The fourth-order valence-corrected chi connectivity index (χ4v) is 28.0. The molecule has 6 aromatic rings. The number of fused-ring (bicyclic) bond motifs is 5. The van der Waals surface area contributed by atoms with Crippen LogP contribution in [0.5, 0.6) is 0 Å². The van der Waals surface area contributed by atoms with Crippen molar-refractivity contribution in [3.05, 3.63) is 216 Å². The molecule has 6 heterocycles. The predicted octanol–water partition coefficient (Wildman–Crippen LogP) is 20.3. The number of Topliss-reactive ketones (excluding diaryl/α,β-unsaturated/α-hetero) is 1. The van der Waals surface area contributed by atoms with E-state index in [0.717, 1.165) is 64.5 Å². The zero-order chi connectivity index (χ0) is 108. The topological polar surface area (TPSA) is 316 Å². The van der Waals surface area contributed by atoms with Gasteiger partial charge in [0.25, 0.3) is 0 Å². The van der Waals surface area contributed by atoms with Gasteiger partial charge >= 0.3 is 29.8 Å². The number of hydrogen-bond donors (Lipinski definition) is 1. The van der Waals surface area contributed by atoms with Crippen LogP contribution in [0, 0.1) is 51.2 Å². The third kappa shape index (κ3) is 27.3. The molecule has 0 spiro atoms. The lowest BCUT2D eigenvalue weighted by Gasteiger charge is -2.59. The third-order valence-electron chi connectivity index (χ3n) is 31.4. The SMILES string of the molecule is C/C=C(\C)C(=O)O[C@@H]1CC2C(CC=C3C[C@@H](O)CC[C@@]32C)C2CCC(C(C)=O)[C@]21C.COC1C(C)C(Sc2ccccc2)OC(C)C1OC1OC(C)C(OC2OC(C)C(OC(=O)c3ccccc3)C(OC)C2OC(=O)C(C)(C)C)C(OC)C1Sc1ccccc1.COC1C(OC(=O)c2ccccc2)C(C)OC(OC2C(C)OC(OC3C(C)OC(F)C(Sc4ccccc4)C3OC)C(Sc3ccccc3)C2OC)C1OC(=O)C(C)(C)C. The number of rotatable bonds is 31. The molecule has 38 atom stereocenters. The molecule has 0 radical (unpaired) electrons. The first-order valence-corrected chi connectivity index (χ1v) is 56.0. The van der Waals surface area contributed by atoms with Gasteiger partial charge in [0.15, 0.2) is 49.6 Å². The number of allylic oxidation sites excluding steroid dienone is 2. The van der Waals surface area contributed by atoms with E-state index in [2.05, 4.69) is 39.0 Å². The molecule has 34 unspecified atom stereocenters. The smallest absolute Gasteiger partial charge is 0.338 e. The Hall–Kier alpha value is -7.53. The summed E-state index contributed by atoms with van der Waals surface area (Å²) in [4.78, 5) is 83.0. The van der Waals surface area contributed by atoms with Crippen molar-refractivity contribution in [2.75, 3.05) is 42.7 Å². The van der Waals surface area contributed by atoms with Crippen LogP contribution in [0.15, 0.2) is 225 Å². The summed E-state index contributed by atoms with van der Waals surface area (Å²) in [6, 6.07) is 56.6. The summed E-state index contributed by atoms with van der Waals surface area (Å²) in [5.74, 6) is -0.884. The van der Waals surface area contributed by atoms with Crippen molar-refractivity contribution >= 4 is 82.7 Å². The molecule has 4 aliphatic carbocycles. The molecule has 822 valence electrons. The quantitative estimate of drug-likeness (QED) is 0.0183. The fourth-order valence-electron chi connectivity index (χ4n) is 23.1. The van der Waals surface area contributed by atoms with Crippen molar-refractivity contribution in [1.82, 2.24) is 0 Å². The monoisotopic (exact) mass is 2150 g/mol. The van der Waals surface area contributed by atoms with Gasteiger partial charge in [0.2, 0.25) is 6.36 Å². The number of benzene rings is 6. The van der Waals surface area contributed by atoms with Crippen molar-refractivity contribution in [3.8, 4) is 0 Å². The lowest BCUT2D eigenvalue weighted by atomic mass is 9.46. The molecule has 0 amide bonds. The van der Waals surface area contributed by atoms with Crippen molar-refractivity contribution in [3.63, 3.8) is 0 Å². The van der Waals surface area contributed by atoms with Gasteiger partial charge in [0.05, 0.1) is 86.5 Å². The van der Waals surface area contributed by atoms with Crippen LogP contribution >= 0.6 is 47.0 Å². The fraction of sp³-hybridized carbons (Fsp3) is 0.607. The maximum atomic E-state index is 15.7. The molecule has 150 heavy (non-hydrogen) atoms. The van der Waals surface area contributed by atoms with Crippen LogP contribution in [-0.4, -0.2) is 270 Å². The normalized spacial score (nSPS) is 36.9. The summed E-state index contributed by atoms with van der Waals surface area (Å²) in [6.45, 7) is 33.5. The molecule has 3 saturated carbocycles. The van der Waals surface area contributed by atoms with Crippen LogP contribution in [0.1, 0.15) is 190 Å². The number of esters is 5. The van der Waals surface area contributed by atoms with Crippen LogP contribution in [-0.2, 0) is 119 Å².